The molecule has 0 saturated carbocycles. The van der Waals surface area contributed by atoms with Crippen LogP contribution in [0.3, 0.4) is 0 Å². The van der Waals surface area contributed by atoms with E-state index < -0.39 is 70.2 Å². The van der Waals surface area contributed by atoms with Crippen LogP contribution in [0.4, 0.5) is 26.3 Å². The molecule has 0 bridgehead atoms. The van der Waals surface area contributed by atoms with E-state index in [2.05, 4.69) is 10.3 Å². The molecule has 5 rings (SSSR count). The number of alkyl halides is 6. The second-order valence-corrected chi connectivity index (χ2v) is 15.6. The van der Waals surface area contributed by atoms with Crippen LogP contribution >= 0.6 is 0 Å². The van der Waals surface area contributed by atoms with Crippen molar-refractivity contribution in [2.75, 3.05) is 32.8 Å². The number of hydrogen-bond acceptors (Lipinski definition) is 7. The van der Waals surface area contributed by atoms with Gasteiger partial charge in [0.25, 0.3) is 11.8 Å². The fourth-order valence-corrected chi connectivity index (χ4v) is 7.73. The van der Waals surface area contributed by atoms with Gasteiger partial charge in [-0.3, -0.25) is 14.6 Å². The van der Waals surface area contributed by atoms with Crippen LogP contribution in [-0.2, 0) is 21.0 Å². The average Bonchev–Trinajstić information content (AvgIpc) is 3.36. The summed E-state index contributed by atoms with van der Waals surface area (Å²) < 4.78 is 112. The van der Waals surface area contributed by atoms with Crippen molar-refractivity contribution in [1.82, 2.24) is 14.5 Å². The number of rotatable bonds is 9. The number of aryl methyl sites for hydroxylation is 2. The number of carbonyl (C=O) groups is 2. The van der Waals surface area contributed by atoms with E-state index in [4.69, 9.17) is 4.74 Å². The van der Waals surface area contributed by atoms with Crippen LogP contribution in [0.25, 0.3) is 6.08 Å². The smallest absolute Gasteiger partial charge is 0.419 e. The van der Waals surface area contributed by atoms with Gasteiger partial charge in [-0.25, -0.2) is 8.42 Å². The lowest BCUT2D eigenvalue weighted by atomic mass is 9.89. The first-order valence-electron chi connectivity index (χ1n) is 16.7. The lowest BCUT2D eigenvalue weighted by Gasteiger charge is -2.36. The van der Waals surface area contributed by atoms with E-state index >= 15 is 0 Å². The summed E-state index contributed by atoms with van der Waals surface area (Å²) in [6.07, 6.45) is -8.82. The Kier molecular flexibility index (Phi) is 10.9. The maximum Gasteiger partial charge on any atom is 0.419 e. The molecule has 10 nitrogen and oxygen atoms in total. The van der Waals surface area contributed by atoms with Gasteiger partial charge in [-0.05, 0) is 106 Å². The number of benzene rings is 2. The quantitative estimate of drug-likeness (QED) is 0.248. The molecular weight excluding hydrogens is 718 g/mol. The Bertz CT molecular complexity index is 1850. The SMILES string of the molecule is Cc1cc(C(=O)N2CCC(C)(O)CC2)cc(C)c1/C=C/S(=O)(=O)N1CCC2(CC1)N=C(c1ccc(OCCCC(F)(F)F)c(C(F)(F)F)c1)NC2=O. The fourth-order valence-electron chi connectivity index (χ4n) is 6.56. The Morgan fingerprint density at radius 1 is 1.00 bits per heavy atom. The molecule has 3 aliphatic rings. The highest BCUT2D eigenvalue weighted by molar-refractivity contribution is 7.92. The van der Waals surface area contributed by atoms with Crippen LogP contribution < -0.4 is 10.1 Å². The summed E-state index contributed by atoms with van der Waals surface area (Å²) in [5.41, 5.74) is -1.09. The molecular formula is C35H40F6N4O6S. The van der Waals surface area contributed by atoms with Crippen LogP contribution in [0.5, 0.6) is 5.75 Å². The number of sulfonamides is 1. The number of nitrogens with zero attached hydrogens (tertiary/aromatic N) is 3. The van der Waals surface area contributed by atoms with Gasteiger partial charge in [0.15, 0.2) is 0 Å². The molecule has 0 unspecified atom stereocenters. The Balaban J connectivity index is 1.25. The number of amidine groups is 1. The summed E-state index contributed by atoms with van der Waals surface area (Å²) in [7, 11) is -3.97. The van der Waals surface area contributed by atoms with E-state index in [-0.39, 0.29) is 43.2 Å². The van der Waals surface area contributed by atoms with E-state index in [1.165, 1.54) is 16.4 Å². The standard InChI is InChI=1S/C35H40F6N4O6S/c1-22-19-25(30(46)44-13-9-32(3,48)10-14-44)20-23(2)26(22)7-18-52(49,50)45-15-11-33(12-16-45)31(47)42-29(43-33)24-5-6-28(27(21-24)35(39,40)41)51-17-4-8-34(36,37)38/h5-7,18-21,48H,4,8-17H2,1-3H3,(H,42,43,47)/b18-7+. The Morgan fingerprint density at radius 2 is 1.62 bits per heavy atom. The molecule has 2 aromatic rings. The molecule has 2 fully saturated rings. The highest BCUT2D eigenvalue weighted by Crippen LogP contribution is 2.39. The summed E-state index contributed by atoms with van der Waals surface area (Å²) in [4.78, 5) is 32.3. The predicted molar refractivity (Wildman–Crippen MR) is 180 cm³/mol. The summed E-state index contributed by atoms with van der Waals surface area (Å²) in [6, 6.07) is 6.27. The number of nitrogens with one attached hydrogen (secondary N) is 1. The lowest BCUT2D eigenvalue weighted by Crippen LogP contribution is -2.50. The molecule has 284 valence electrons. The molecule has 0 radical (unpaired) electrons. The van der Waals surface area contributed by atoms with E-state index in [9.17, 15) is 49.5 Å². The first-order chi connectivity index (χ1) is 24.1. The van der Waals surface area contributed by atoms with Gasteiger partial charge in [-0.2, -0.15) is 30.6 Å². The van der Waals surface area contributed by atoms with Gasteiger partial charge >= 0.3 is 12.4 Å². The molecule has 2 N–H and O–H groups in total. The zero-order valence-corrected chi connectivity index (χ0v) is 29.6. The highest BCUT2D eigenvalue weighted by atomic mass is 32.2. The fraction of sp³-hybridized carbons (Fsp3) is 0.514. The van der Waals surface area contributed by atoms with Crippen molar-refractivity contribution in [2.24, 2.45) is 4.99 Å². The molecule has 52 heavy (non-hydrogen) atoms. The minimum atomic E-state index is -4.92. The van der Waals surface area contributed by atoms with E-state index in [0.717, 1.165) is 11.5 Å². The average molecular weight is 759 g/mol. The summed E-state index contributed by atoms with van der Waals surface area (Å²) in [6.45, 7) is 5.36. The second-order valence-electron chi connectivity index (χ2n) is 13.8. The van der Waals surface area contributed by atoms with Crippen molar-refractivity contribution >= 4 is 33.7 Å². The van der Waals surface area contributed by atoms with Gasteiger partial charge in [0, 0.05) is 49.1 Å². The number of likely N-dealkylation sites (tertiary alicyclic amines) is 1. The third-order valence-electron chi connectivity index (χ3n) is 9.69. The van der Waals surface area contributed by atoms with Gasteiger partial charge in [0.2, 0.25) is 10.0 Å². The zero-order valence-electron chi connectivity index (χ0n) is 28.8. The lowest BCUT2D eigenvalue weighted by molar-refractivity contribution is -0.141. The maximum absolute atomic E-state index is 13.9. The van der Waals surface area contributed by atoms with Gasteiger partial charge in [0.1, 0.15) is 17.1 Å². The molecule has 2 saturated heterocycles. The maximum atomic E-state index is 13.9. The van der Waals surface area contributed by atoms with Crippen molar-refractivity contribution < 1.29 is 54.2 Å². The van der Waals surface area contributed by atoms with Crippen molar-refractivity contribution in [1.29, 1.82) is 0 Å². The van der Waals surface area contributed by atoms with E-state index in [1.807, 2.05) is 0 Å². The number of ether oxygens (including phenoxy) is 1. The third kappa shape index (κ3) is 8.97. The summed E-state index contributed by atoms with van der Waals surface area (Å²) in [5.74, 6) is -1.56. The van der Waals surface area contributed by atoms with Crippen LogP contribution in [-0.4, -0.2) is 90.5 Å². The summed E-state index contributed by atoms with van der Waals surface area (Å²) >= 11 is 0. The summed E-state index contributed by atoms with van der Waals surface area (Å²) in [5, 5.41) is 13.8. The molecule has 0 aliphatic carbocycles. The number of halogens is 6. The molecule has 0 atom stereocenters. The van der Waals surface area contributed by atoms with Gasteiger partial charge in [-0.1, -0.05) is 0 Å². The van der Waals surface area contributed by atoms with Gasteiger partial charge in [-0.15, -0.1) is 0 Å². The molecule has 1 spiro atoms. The minimum Gasteiger partial charge on any atom is -0.493 e. The Morgan fingerprint density at radius 3 is 2.19 bits per heavy atom. The Labute approximate surface area is 297 Å². The van der Waals surface area contributed by atoms with E-state index in [1.54, 1.807) is 37.8 Å². The monoisotopic (exact) mass is 758 g/mol. The number of piperidine rings is 2. The first kappa shape index (κ1) is 39.3. The molecule has 3 aliphatic heterocycles. The van der Waals surface area contributed by atoms with Crippen LogP contribution in [0.2, 0.25) is 0 Å². The van der Waals surface area contributed by atoms with Gasteiger partial charge in [0.05, 0.1) is 17.8 Å². The van der Waals surface area contributed by atoms with Crippen molar-refractivity contribution in [3.63, 3.8) is 0 Å². The molecule has 0 aromatic heterocycles. The van der Waals surface area contributed by atoms with Gasteiger partial charge < -0.3 is 20.1 Å². The number of aliphatic hydroxyl groups is 1. The van der Waals surface area contributed by atoms with E-state index in [0.29, 0.717) is 54.3 Å². The van der Waals surface area contributed by atoms with Crippen molar-refractivity contribution in [3.8, 4) is 5.75 Å². The van der Waals surface area contributed by atoms with Crippen molar-refractivity contribution in [3.05, 3.63) is 69.1 Å². The number of aliphatic imine (C=N–C) groups is 1. The first-order valence-corrected chi connectivity index (χ1v) is 18.2. The number of carbonyl (C=O) groups excluding carboxylic acids is 2. The molecule has 2 amide bonds. The number of hydrogen-bond donors (Lipinski definition) is 2. The molecule has 17 heteroatoms. The zero-order chi connectivity index (χ0) is 38.3. The predicted octanol–water partition coefficient (Wildman–Crippen LogP) is 5.74. The highest BCUT2D eigenvalue weighted by Gasteiger charge is 2.48. The molecule has 2 aromatic carbocycles. The second kappa shape index (κ2) is 14.5. The number of amides is 2. The normalized spacial score (nSPS) is 19.6. The topological polar surface area (TPSA) is 129 Å². The Hall–Kier alpha value is -3.96. The van der Waals surface area contributed by atoms with Crippen LogP contribution in [0.15, 0.2) is 40.7 Å². The van der Waals surface area contributed by atoms with Crippen LogP contribution in [0, 0.1) is 13.8 Å². The minimum absolute atomic E-state index is 0.0390. The molecule has 3 heterocycles. The van der Waals surface area contributed by atoms with Crippen LogP contribution in [0.1, 0.15) is 83.6 Å². The third-order valence-corrected chi connectivity index (χ3v) is 11.3. The van der Waals surface area contributed by atoms with Crippen molar-refractivity contribution in [2.45, 2.75) is 82.8 Å². The largest absolute Gasteiger partial charge is 0.493 e.